The predicted octanol–water partition coefficient (Wildman–Crippen LogP) is 1.13. The summed E-state index contributed by atoms with van der Waals surface area (Å²) in [5.74, 6) is -1.46. The zero-order valence-electron chi connectivity index (χ0n) is 12.0. The molecule has 0 saturated heterocycles. The number of carbonyl (C=O) groups is 3. The van der Waals surface area contributed by atoms with E-state index in [2.05, 4.69) is 0 Å². The summed E-state index contributed by atoms with van der Waals surface area (Å²) in [4.78, 5) is 34.8. The number of carboxylic acids is 1. The third-order valence-electron chi connectivity index (χ3n) is 3.60. The van der Waals surface area contributed by atoms with Crippen molar-refractivity contribution in [1.29, 1.82) is 0 Å². The predicted molar refractivity (Wildman–Crippen MR) is 70.4 cm³/mol. The van der Waals surface area contributed by atoms with Crippen LogP contribution in [0.3, 0.4) is 0 Å². The lowest BCUT2D eigenvalue weighted by molar-refractivity contribution is -0.167. The van der Waals surface area contributed by atoms with E-state index in [-0.39, 0.29) is 24.4 Å². The van der Waals surface area contributed by atoms with Crippen LogP contribution in [0.4, 0.5) is 0 Å². The van der Waals surface area contributed by atoms with Crippen LogP contribution in [0.1, 0.15) is 32.6 Å². The van der Waals surface area contributed by atoms with Crippen LogP contribution in [0.25, 0.3) is 0 Å². The summed E-state index contributed by atoms with van der Waals surface area (Å²) in [6, 6.07) is 0. The van der Waals surface area contributed by atoms with E-state index in [4.69, 9.17) is 14.6 Å². The minimum atomic E-state index is -1.34. The molecule has 0 aromatic rings. The molecule has 0 radical (unpaired) electrons. The van der Waals surface area contributed by atoms with Gasteiger partial charge in [0.05, 0.1) is 0 Å². The Bertz CT molecular complexity index is 439. The molecule has 2 atom stereocenters. The summed E-state index contributed by atoms with van der Waals surface area (Å²) in [6.07, 6.45) is 1.46. The number of methoxy groups -OCH3 is 2. The summed E-state index contributed by atoms with van der Waals surface area (Å²) >= 11 is 0. The first kappa shape index (κ1) is 16.5. The van der Waals surface area contributed by atoms with Crippen molar-refractivity contribution >= 4 is 17.5 Å². The summed E-state index contributed by atoms with van der Waals surface area (Å²) in [6.45, 7) is 1.57. The zero-order valence-corrected chi connectivity index (χ0v) is 12.0. The van der Waals surface area contributed by atoms with E-state index in [1.165, 1.54) is 20.3 Å². The minimum absolute atomic E-state index is 0.0223. The van der Waals surface area contributed by atoms with Crippen LogP contribution in [-0.4, -0.2) is 48.6 Å². The number of ketones is 2. The van der Waals surface area contributed by atoms with E-state index in [1.807, 2.05) is 0 Å². The molecular formula is C14H20O6. The molecule has 2 unspecified atom stereocenters. The number of carbonyl (C=O) groups excluding carboxylic acids is 2. The van der Waals surface area contributed by atoms with E-state index < -0.39 is 17.7 Å². The van der Waals surface area contributed by atoms with Crippen molar-refractivity contribution in [3.63, 3.8) is 0 Å². The number of hydrogen-bond acceptors (Lipinski definition) is 5. The van der Waals surface area contributed by atoms with Crippen LogP contribution < -0.4 is 0 Å². The summed E-state index contributed by atoms with van der Waals surface area (Å²) in [7, 11) is 2.72. The van der Waals surface area contributed by atoms with Gasteiger partial charge in [0.25, 0.3) is 0 Å². The highest BCUT2D eigenvalue weighted by atomic mass is 16.5. The van der Waals surface area contributed by atoms with Crippen LogP contribution in [0.15, 0.2) is 11.6 Å². The van der Waals surface area contributed by atoms with E-state index in [0.717, 1.165) is 0 Å². The van der Waals surface area contributed by atoms with Crippen molar-refractivity contribution in [3.05, 3.63) is 11.6 Å². The van der Waals surface area contributed by atoms with Gasteiger partial charge >= 0.3 is 5.97 Å². The van der Waals surface area contributed by atoms with Crippen molar-refractivity contribution in [2.24, 2.45) is 0 Å². The van der Waals surface area contributed by atoms with E-state index in [0.29, 0.717) is 18.4 Å². The SMILES string of the molecule is COC1C(=O)C(C)=CC(=O)C1(CCCCC(=O)O)OC. The number of ether oxygens (including phenoxy) is 2. The molecule has 112 valence electrons. The van der Waals surface area contributed by atoms with Gasteiger partial charge in [-0.25, -0.2) is 0 Å². The topological polar surface area (TPSA) is 89.9 Å². The maximum absolute atomic E-state index is 12.3. The molecule has 0 spiro atoms. The van der Waals surface area contributed by atoms with Gasteiger partial charge < -0.3 is 14.6 Å². The lowest BCUT2D eigenvalue weighted by atomic mass is 9.77. The Balaban J connectivity index is 2.90. The highest BCUT2D eigenvalue weighted by molar-refractivity contribution is 6.15. The second-order valence-electron chi connectivity index (χ2n) is 4.87. The molecule has 0 fully saturated rings. The average Bonchev–Trinajstić information content (AvgIpc) is 2.40. The van der Waals surface area contributed by atoms with Gasteiger partial charge in [-0.05, 0) is 37.8 Å². The third kappa shape index (κ3) is 3.13. The molecular weight excluding hydrogens is 264 g/mol. The van der Waals surface area contributed by atoms with Gasteiger partial charge in [-0.1, -0.05) is 0 Å². The summed E-state index contributed by atoms with van der Waals surface area (Å²) < 4.78 is 10.5. The normalized spacial score (nSPS) is 26.6. The van der Waals surface area contributed by atoms with Crippen molar-refractivity contribution in [3.8, 4) is 0 Å². The summed E-state index contributed by atoms with van der Waals surface area (Å²) in [5, 5.41) is 8.61. The van der Waals surface area contributed by atoms with E-state index in [9.17, 15) is 14.4 Å². The van der Waals surface area contributed by atoms with Crippen LogP contribution in [0, 0.1) is 0 Å². The van der Waals surface area contributed by atoms with Gasteiger partial charge in [-0.3, -0.25) is 14.4 Å². The third-order valence-corrected chi connectivity index (χ3v) is 3.60. The number of rotatable bonds is 7. The van der Waals surface area contributed by atoms with Crippen molar-refractivity contribution < 1.29 is 29.0 Å². The van der Waals surface area contributed by atoms with Crippen molar-refractivity contribution in [2.75, 3.05) is 14.2 Å². The molecule has 1 rings (SSSR count). The highest BCUT2D eigenvalue weighted by Crippen LogP contribution is 2.32. The Hall–Kier alpha value is -1.53. The molecule has 1 aliphatic rings. The molecule has 0 amide bonds. The fourth-order valence-corrected chi connectivity index (χ4v) is 2.46. The first-order valence-electron chi connectivity index (χ1n) is 6.45. The zero-order chi connectivity index (χ0) is 15.3. The molecule has 0 bridgehead atoms. The fourth-order valence-electron chi connectivity index (χ4n) is 2.46. The molecule has 1 aliphatic carbocycles. The van der Waals surface area contributed by atoms with Crippen LogP contribution in [0.5, 0.6) is 0 Å². The molecule has 0 aliphatic heterocycles. The fraction of sp³-hybridized carbons (Fsp3) is 0.643. The van der Waals surface area contributed by atoms with Gasteiger partial charge in [-0.15, -0.1) is 0 Å². The van der Waals surface area contributed by atoms with Crippen LogP contribution in [-0.2, 0) is 23.9 Å². The van der Waals surface area contributed by atoms with E-state index >= 15 is 0 Å². The second kappa shape index (κ2) is 6.76. The number of carboxylic acid groups (broad SMARTS) is 1. The molecule has 0 aromatic carbocycles. The Labute approximate surface area is 117 Å². The maximum atomic E-state index is 12.3. The number of aliphatic carboxylic acids is 1. The Kier molecular flexibility index (Phi) is 5.59. The molecule has 0 aromatic heterocycles. The molecule has 6 heteroatoms. The van der Waals surface area contributed by atoms with Gasteiger partial charge in [0.1, 0.15) is 0 Å². The molecule has 0 saturated carbocycles. The number of hydrogen-bond donors (Lipinski definition) is 1. The van der Waals surface area contributed by atoms with Crippen molar-refractivity contribution in [2.45, 2.75) is 44.3 Å². The Morgan fingerprint density at radius 1 is 1.35 bits per heavy atom. The Morgan fingerprint density at radius 2 is 2.00 bits per heavy atom. The lowest BCUT2D eigenvalue weighted by Crippen LogP contribution is -2.57. The first-order chi connectivity index (χ1) is 9.39. The number of Topliss-reactive ketones (excluding diaryl/α,β-unsaturated/α-hetero) is 1. The summed E-state index contributed by atoms with van der Waals surface area (Å²) in [5.41, 5.74) is -0.996. The van der Waals surface area contributed by atoms with Gasteiger partial charge in [0.2, 0.25) is 0 Å². The first-order valence-corrected chi connectivity index (χ1v) is 6.45. The highest BCUT2D eigenvalue weighted by Gasteiger charge is 2.51. The van der Waals surface area contributed by atoms with Gasteiger partial charge in [0.15, 0.2) is 23.3 Å². The monoisotopic (exact) mass is 284 g/mol. The molecule has 0 heterocycles. The Morgan fingerprint density at radius 3 is 2.50 bits per heavy atom. The van der Waals surface area contributed by atoms with Crippen molar-refractivity contribution in [1.82, 2.24) is 0 Å². The lowest BCUT2D eigenvalue weighted by Gasteiger charge is -2.38. The van der Waals surface area contributed by atoms with Crippen LogP contribution in [0.2, 0.25) is 0 Å². The van der Waals surface area contributed by atoms with Crippen LogP contribution >= 0.6 is 0 Å². The molecule has 1 N–H and O–H groups in total. The van der Waals surface area contributed by atoms with E-state index in [1.54, 1.807) is 6.92 Å². The second-order valence-corrected chi connectivity index (χ2v) is 4.87. The average molecular weight is 284 g/mol. The molecule has 20 heavy (non-hydrogen) atoms. The van der Waals surface area contributed by atoms with Gasteiger partial charge in [0, 0.05) is 20.6 Å². The number of unbranched alkanes of at least 4 members (excludes halogenated alkanes) is 1. The standard InChI is InChI=1S/C14H20O6/c1-9-8-10(15)14(20-3,13(19-2)12(9)18)7-5-4-6-11(16)17/h8,13H,4-7H2,1-3H3,(H,16,17). The van der Waals surface area contributed by atoms with Gasteiger partial charge in [-0.2, -0.15) is 0 Å². The molecule has 6 nitrogen and oxygen atoms in total. The quantitative estimate of drug-likeness (QED) is 0.705. The smallest absolute Gasteiger partial charge is 0.303 e. The maximum Gasteiger partial charge on any atom is 0.303 e. The minimum Gasteiger partial charge on any atom is -0.481 e. The largest absolute Gasteiger partial charge is 0.481 e.